The molecule has 3 rings (SSSR count). The molecule has 174 valence electrons. The molecule has 0 aromatic heterocycles. The molecule has 1 aliphatic rings. The fraction of sp³-hybridized carbons (Fsp3) is 0.458. The first-order chi connectivity index (χ1) is 15.2. The number of halogens is 1. The zero-order valence-corrected chi connectivity index (χ0v) is 20.6. The highest BCUT2D eigenvalue weighted by atomic mass is 35.5. The lowest BCUT2D eigenvalue weighted by Gasteiger charge is -2.29. The van der Waals surface area contributed by atoms with Crippen LogP contribution in [-0.2, 0) is 10.0 Å². The Morgan fingerprint density at radius 1 is 1.22 bits per heavy atom. The standard InChI is InChI=1S/C24H31ClN2O4S/c1-5-22(18-6-9-23(31-4)17(3)14-18)26-24(28)20-15-19(7-8-21(20)25)32(29,30)27-12-10-16(2)11-13-27/h6-9,14-16,22H,5,10-13H2,1-4H3,(H,26,28)/t22-/m1/s1. The van der Waals surface area contributed by atoms with Crippen molar-refractivity contribution in [2.24, 2.45) is 5.92 Å². The minimum Gasteiger partial charge on any atom is -0.496 e. The Morgan fingerprint density at radius 2 is 1.91 bits per heavy atom. The molecule has 6 nitrogen and oxygen atoms in total. The SMILES string of the molecule is CC[C@@H](NC(=O)c1cc(S(=O)(=O)N2CCC(C)CC2)ccc1Cl)c1ccc(OC)c(C)c1. The minimum absolute atomic E-state index is 0.0925. The average Bonchev–Trinajstić information content (AvgIpc) is 2.77. The second-order valence-electron chi connectivity index (χ2n) is 8.39. The first kappa shape index (κ1) is 24.6. The summed E-state index contributed by atoms with van der Waals surface area (Å²) in [6, 6.07) is 9.86. The summed E-state index contributed by atoms with van der Waals surface area (Å²) in [5, 5.41) is 3.21. The van der Waals surface area contributed by atoms with E-state index < -0.39 is 15.9 Å². The Morgan fingerprint density at radius 3 is 2.50 bits per heavy atom. The summed E-state index contributed by atoms with van der Waals surface area (Å²) < 4.78 is 33.0. The predicted molar refractivity (Wildman–Crippen MR) is 127 cm³/mol. The molecule has 2 aromatic carbocycles. The molecular weight excluding hydrogens is 448 g/mol. The molecule has 1 amide bonds. The molecule has 0 aliphatic carbocycles. The van der Waals surface area contributed by atoms with Crippen molar-refractivity contribution in [3.8, 4) is 5.75 Å². The third kappa shape index (κ3) is 5.27. The van der Waals surface area contributed by atoms with Crippen LogP contribution in [0, 0.1) is 12.8 Å². The Hall–Kier alpha value is -2.09. The largest absolute Gasteiger partial charge is 0.496 e. The average molecular weight is 479 g/mol. The molecule has 1 fully saturated rings. The second-order valence-corrected chi connectivity index (χ2v) is 10.7. The molecule has 0 unspecified atom stereocenters. The number of rotatable bonds is 7. The van der Waals surface area contributed by atoms with Gasteiger partial charge >= 0.3 is 0 Å². The first-order valence-corrected chi connectivity index (χ1v) is 12.7. The van der Waals surface area contributed by atoms with Crippen molar-refractivity contribution >= 4 is 27.5 Å². The van der Waals surface area contributed by atoms with Gasteiger partial charge in [0.25, 0.3) is 5.91 Å². The van der Waals surface area contributed by atoms with Crippen LogP contribution in [0.1, 0.15) is 60.6 Å². The van der Waals surface area contributed by atoms with Crippen molar-refractivity contribution < 1.29 is 17.9 Å². The number of benzene rings is 2. The number of nitrogens with one attached hydrogen (secondary N) is 1. The number of carbonyl (C=O) groups is 1. The molecule has 1 aliphatic heterocycles. The van der Waals surface area contributed by atoms with E-state index in [2.05, 4.69) is 12.2 Å². The molecule has 1 N–H and O–H groups in total. The number of carbonyl (C=O) groups excluding carboxylic acids is 1. The number of ether oxygens (including phenoxy) is 1. The van der Waals surface area contributed by atoms with E-state index in [4.69, 9.17) is 16.3 Å². The second kappa shape index (κ2) is 10.2. The van der Waals surface area contributed by atoms with Gasteiger partial charge in [-0.1, -0.05) is 37.6 Å². The van der Waals surface area contributed by atoms with Crippen LogP contribution in [-0.4, -0.2) is 38.8 Å². The van der Waals surface area contributed by atoms with Gasteiger partial charge in [-0.2, -0.15) is 4.31 Å². The molecule has 0 saturated carbocycles. The molecule has 0 bridgehead atoms. The maximum atomic E-state index is 13.1. The number of nitrogens with zero attached hydrogens (tertiary/aromatic N) is 1. The third-order valence-electron chi connectivity index (χ3n) is 6.10. The Balaban J connectivity index is 1.84. The topological polar surface area (TPSA) is 75.7 Å². The fourth-order valence-electron chi connectivity index (χ4n) is 3.99. The number of aryl methyl sites for hydroxylation is 1. The summed E-state index contributed by atoms with van der Waals surface area (Å²) in [6.07, 6.45) is 2.33. The van der Waals surface area contributed by atoms with E-state index in [1.807, 2.05) is 32.0 Å². The highest BCUT2D eigenvalue weighted by Gasteiger charge is 2.29. The van der Waals surface area contributed by atoms with E-state index in [9.17, 15) is 13.2 Å². The summed E-state index contributed by atoms with van der Waals surface area (Å²) in [7, 11) is -2.06. The van der Waals surface area contributed by atoms with Crippen LogP contribution in [0.4, 0.5) is 0 Å². The van der Waals surface area contributed by atoms with E-state index in [1.165, 1.54) is 22.5 Å². The van der Waals surface area contributed by atoms with E-state index in [0.717, 1.165) is 29.7 Å². The van der Waals surface area contributed by atoms with Crippen LogP contribution in [0.15, 0.2) is 41.3 Å². The van der Waals surface area contributed by atoms with Crippen LogP contribution < -0.4 is 10.1 Å². The molecule has 0 spiro atoms. The van der Waals surface area contributed by atoms with Gasteiger partial charge in [-0.3, -0.25) is 4.79 Å². The van der Waals surface area contributed by atoms with Crippen molar-refractivity contribution in [3.05, 3.63) is 58.1 Å². The number of methoxy groups -OCH3 is 1. The van der Waals surface area contributed by atoms with E-state index in [-0.39, 0.29) is 21.5 Å². The Labute approximate surface area is 196 Å². The third-order valence-corrected chi connectivity index (χ3v) is 8.32. The van der Waals surface area contributed by atoms with E-state index >= 15 is 0 Å². The van der Waals surface area contributed by atoms with Gasteiger partial charge in [-0.15, -0.1) is 0 Å². The normalized spacial score (nSPS) is 16.5. The van der Waals surface area contributed by atoms with Gasteiger partial charge in [0.1, 0.15) is 5.75 Å². The molecule has 1 heterocycles. The van der Waals surface area contributed by atoms with Gasteiger partial charge in [0.15, 0.2) is 0 Å². The van der Waals surface area contributed by atoms with Crippen LogP contribution in [0.2, 0.25) is 5.02 Å². The van der Waals surface area contributed by atoms with Crippen LogP contribution >= 0.6 is 11.6 Å². The lowest BCUT2D eigenvalue weighted by atomic mass is 10.0. The molecule has 0 radical (unpaired) electrons. The molecule has 1 saturated heterocycles. The predicted octanol–water partition coefficient (Wildman–Crippen LogP) is 4.96. The van der Waals surface area contributed by atoms with Crippen molar-refractivity contribution in [2.45, 2.75) is 51.0 Å². The quantitative estimate of drug-likeness (QED) is 0.610. The lowest BCUT2D eigenvalue weighted by molar-refractivity contribution is 0.0935. The van der Waals surface area contributed by atoms with E-state index in [0.29, 0.717) is 25.4 Å². The van der Waals surface area contributed by atoms with Crippen molar-refractivity contribution in [1.82, 2.24) is 9.62 Å². The highest BCUT2D eigenvalue weighted by Crippen LogP contribution is 2.28. The monoisotopic (exact) mass is 478 g/mol. The van der Waals surface area contributed by atoms with Crippen LogP contribution in [0.5, 0.6) is 5.75 Å². The van der Waals surface area contributed by atoms with Crippen LogP contribution in [0.25, 0.3) is 0 Å². The molecule has 2 aromatic rings. The minimum atomic E-state index is -3.68. The van der Waals surface area contributed by atoms with Gasteiger partial charge in [0, 0.05) is 13.1 Å². The van der Waals surface area contributed by atoms with Gasteiger partial charge < -0.3 is 10.1 Å². The van der Waals surface area contributed by atoms with E-state index in [1.54, 1.807) is 7.11 Å². The van der Waals surface area contributed by atoms with Crippen molar-refractivity contribution in [1.29, 1.82) is 0 Å². The number of amides is 1. The highest BCUT2D eigenvalue weighted by molar-refractivity contribution is 7.89. The first-order valence-electron chi connectivity index (χ1n) is 10.9. The van der Waals surface area contributed by atoms with Gasteiger partial charge in [0.05, 0.1) is 28.6 Å². The Bertz CT molecular complexity index is 1080. The van der Waals surface area contributed by atoms with Gasteiger partial charge in [0.2, 0.25) is 10.0 Å². The van der Waals surface area contributed by atoms with Crippen molar-refractivity contribution in [3.63, 3.8) is 0 Å². The summed E-state index contributed by atoms with van der Waals surface area (Å²) >= 11 is 6.30. The Kier molecular flexibility index (Phi) is 7.85. The summed E-state index contributed by atoms with van der Waals surface area (Å²) in [6.45, 7) is 7.03. The van der Waals surface area contributed by atoms with Crippen molar-refractivity contribution in [2.75, 3.05) is 20.2 Å². The number of hydrogen-bond donors (Lipinski definition) is 1. The molecule has 1 atom stereocenters. The maximum Gasteiger partial charge on any atom is 0.253 e. The molecule has 32 heavy (non-hydrogen) atoms. The fourth-order valence-corrected chi connectivity index (χ4v) is 5.69. The summed E-state index contributed by atoms with van der Waals surface area (Å²) in [4.78, 5) is 13.2. The number of sulfonamides is 1. The maximum absolute atomic E-state index is 13.1. The summed E-state index contributed by atoms with van der Waals surface area (Å²) in [5.74, 6) is 0.892. The molecule has 8 heteroatoms. The van der Waals surface area contributed by atoms with Gasteiger partial charge in [-0.05, 0) is 67.5 Å². The lowest BCUT2D eigenvalue weighted by Crippen LogP contribution is -2.38. The smallest absolute Gasteiger partial charge is 0.253 e. The number of hydrogen-bond acceptors (Lipinski definition) is 4. The zero-order chi connectivity index (χ0) is 23.5. The zero-order valence-electron chi connectivity index (χ0n) is 19.0. The molecular formula is C24H31ClN2O4S. The summed E-state index contributed by atoms with van der Waals surface area (Å²) in [5.41, 5.74) is 2.07. The van der Waals surface area contributed by atoms with Gasteiger partial charge in [-0.25, -0.2) is 8.42 Å². The van der Waals surface area contributed by atoms with Crippen LogP contribution in [0.3, 0.4) is 0 Å². The number of piperidine rings is 1.